The zero-order valence-corrected chi connectivity index (χ0v) is 18.6. The number of rotatable bonds is 6. The molecule has 3 aromatic carbocycles. The van der Waals surface area contributed by atoms with E-state index in [4.69, 9.17) is 33.7 Å². The third-order valence-electron chi connectivity index (χ3n) is 4.69. The van der Waals surface area contributed by atoms with Crippen LogP contribution in [0.3, 0.4) is 0 Å². The van der Waals surface area contributed by atoms with Gasteiger partial charge in [0.2, 0.25) is 0 Å². The van der Waals surface area contributed by atoms with Crippen molar-refractivity contribution in [2.24, 2.45) is 0 Å². The highest BCUT2D eigenvalue weighted by molar-refractivity contribution is 6.52. The van der Waals surface area contributed by atoms with Gasteiger partial charge in [-0.3, -0.25) is 20.2 Å². The second kappa shape index (κ2) is 10.4. The van der Waals surface area contributed by atoms with Gasteiger partial charge in [0.15, 0.2) is 0 Å². The van der Waals surface area contributed by atoms with Crippen molar-refractivity contribution in [3.05, 3.63) is 114 Å². The van der Waals surface area contributed by atoms with Crippen LogP contribution in [-0.2, 0) is 0 Å². The van der Waals surface area contributed by atoms with Gasteiger partial charge in [0.05, 0.1) is 44.2 Å². The number of nitro groups is 2. The molecule has 0 aliphatic rings. The normalized spacial score (nSPS) is 11.4. The van der Waals surface area contributed by atoms with Crippen molar-refractivity contribution < 1.29 is 9.85 Å². The fourth-order valence-corrected chi connectivity index (χ4v) is 3.51. The first-order chi connectivity index (χ1) is 16.2. The zero-order chi connectivity index (χ0) is 24.8. The quantitative estimate of drug-likeness (QED) is 0.213. The Hall–Kier alpha value is -4.50. The summed E-state index contributed by atoms with van der Waals surface area (Å²) in [4.78, 5) is 21.5. The van der Waals surface area contributed by atoms with Crippen LogP contribution in [0, 0.1) is 42.9 Å². The highest BCUT2D eigenvalue weighted by Crippen LogP contribution is 2.32. The lowest BCUT2D eigenvalue weighted by Gasteiger charge is -2.06. The van der Waals surface area contributed by atoms with Crippen LogP contribution >= 0.6 is 23.2 Å². The predicted molar refractivity (Wildman–Crippen MR) is 130 cm³/mol. The molecule has 0 amide bonds. The van der Waals surface area contributed by atoms with E-state index < -0.39 is 9.85 Å². The zero-order valence-electron chi connectivity index (χ0n) is 17.1. The van der Waals surface area contributed by atoms with E-state index in [0.717, 1.165) is 12.1 Å². The summed E-state index contributed by atoms with van der Waals surface area (Å²) in [6.07, 6.45) is 2.81. The highest BCUT2D eigenvalue weighted by Gasteiger charge is 2.16. The van der Waals surface area contributed by atoms with Crippen molar-refractivity contribution >= 4 is 56.8 Å². The molecular weight excluding hydrogens is 479 g/mol. The second-order valence-electron chi connectivity index (χ2n) is 6.85. The second-order valence-corrected chi connectivity index (χ2v) is 7.66. The van der Waals surface area contributed by atoms with E-state index in [0.29, 0.717) is 11.1 Å². The molecule has 0 radical (unpaired) electrons. The molecule has 0 unspecified atom stereocenters. The molecule has 166 valence electrons. The number of halogens is 2. The van der Waals surface area contributed by atoms with Crippen LogP contribution in [-0.4, -0.2) is 9.85 Å². The lowest BCUT2D eigenvalue weighted by atomic mass is 10.0. The van der Waals surface area contributed by atoms with Gasteiger partial charge in [-0.05, 0) is 53.6 Å². The van der Waals surface area contributed by atoms with Crippen molar-refractivity contribution in [3.8, 4) is 12.1 Å². The third-order valence-corrected chi connectivity index (χ3v) is 5.35. The Morgan fingerprint density at radius 3 is 1.50 bits per heavy atom. The molecule has 3 aromatic rings. The number of benzene rings is 3. The van der Waals surface area contributed by atoms with Gasteiger partial charge in [-0.2, -0.15) is 10.5 Å². The smallest absolute Gasteiger partial charge is 0.258 e. The molecule has 0 N–H and O–H groups in total. The van der Waals surface area contributed by atoms with Crippen molar-refractivity contribution in [2.45, 2.75) is 0 Å². The first-order valence-electron chi connectivity index (χ1n) is 9.45. The Kier molecular flexibility index (Phi) is 7.39. The van der Waals surface area contributed by atoms with Crippen LogP contribution in [0.1, 0.15) is 33.4 Å². The Morgan fingerprint density at radius 1 is 0.735 bits per heavy atom. The number of nitriles is 2. The van der Waals surface area contributed by atoms with Crippen LogP contribution < -0.4 is 0 Å². The molecule has 0 aromatic heterocycles. The predicted octanol–water partition coefficient (Wildman–Crippen LogP) is 6.72. The lowest BCUT2D eigenvalue weighted by molar-refractivity contribution is -0.385. The summed E-state index contributed by atoms with van der Waals surface area (Å²) in [6, 6.07) is 18.4. The molecule has 0 aliphatic heterocycles. The van der Waals surface area contributed by atoms with Crippen LogP contribution in [0.25, 0.3) is 22.2 Å². The summed E-state index contributed by atoms with van der Waals surface area (Å²) in [7, 11) is 0. The average Bonchev–Trinajstić information content (AvgIpc) is 2.84. The molecule has 34 heavy (non-hydrogen) atoms. The van der Waals surface area contributed by atoms with E-state index in [9.17, 15) is 20.2 Å². The van der Waals surface area contributed by atoms with Gasteiger partial charge >= 0.3 is 0 Å². The lowest BCUT2D eigenvalue weighted by Crippen LogP contribution is -1.93. The van der Waals surface area contributed by atoms with Gasteiger partial charge in [-0.15, -0.1) is 0 Å². The highest BCUT2D eigenvalue weighted by atomic mass is 35.5. The largest absolute Gasteiger partial charge is 0.277 e. The van der Waals surface area contributed by atoms with Gasteiger partial charge < -0.3 is 0 Å². The SMILES string of the molecule is N#Cc1ccc(/C=C(\Cl)c2cccc(/C(Cl)=C\c3ccc(C#N)cc3[N+](=O)[O-])c2)c([N+](=O)[O-])c1. The molecule has 10 heteroatoms. The fraction of sp³-hybridized carbons (Fsp3) is 0. The van der Waals surface area contributed by atoms with E-state index in [1.54, 1.807) is 24.3 Å². The molecule has 0 spiro atoms. The molecule has 0 fully saturated rings. The van der Waals surface area contributed by atoms with Crippen molar-refractivity contribution in [2.75, 3.05) is 0 Å². The standard InChI is InChI=1S/C24H12Cl2N4O4/c25-21(11-19-6-4-15(13-27)8-23(19)29(31)32)17-2-1-3-18(10-17)22(26)12-20-7-5-16(14-28)9-24(20)30(33)34/h1-12H/b21-11-,22-12+. The maximum absolute atomic E-state index is 11.4. The summed E-state index contributed by atoms with van der Waals surface area (Å²) < 4.78 is 0. The Labute approximate surface area is 203 Å². The van der Waals surface area contributed by atoms with Crippen molar-refractivity contribution in [1.29, 1.82) is 10.5 Å². The summed E-state index contributed by atoms with van der Waals surface area (Å²) >= 11 is 12.8. The minimum Gasteiger partial charge on any atom is -0.258 e. The fourth-order valence-electron chi connectivity index (χ4n) is 3.04. The maximum Gasteiger partial charge on any atom is 0.277 e. The summed E-state index contributed by atoms with van der Waals surface area (Å²) in [5.41, 5.74) is 1.20. The number of nitro benzene ring substituents is 2. The Balaban J connectivity index is 2.00. The van der Waals surface area contributed by atoms with E-state index in [1.165, 1.54) is 36.4 Å². The Morgan fingerprint density at radius 2 is 1.15 bits per heavy atom. The number of hydrogen-bond donors (Lipinski definition) is 0. The van der Waals surface area contributed by atoms with E-state index in [1.807, 2.05) is 12.1 Å². The first kappa shape index (κ1) is 24.1. The van der Waals surface area contributed by atoms with Gasteiger partial charge in [0.25, 0.3) is 11.4 Å². The molecule has 0 aliphatic carbocycles. The van der Waals surface area contributed by atoms with Crippen LogP contribution in [0.5, 0.6) is 0 Å². The van der Waals surface area contributed by atoms with E-state index in [2.05, 4.69) is 0 Å². The number of nitrogens with zero attached hydrogens (tertiary/aromatic N) is 4. The first-order valence-corrected chi connectivity index (χ1v) is 10.2. The van der Waals surface area contributed by atoms with Gasteiger partial charge in [-0.1, -0.05) is 41.4 Å². The van der Waals surface area contributed by atoms with Gasteiger partial charge in [0.1, 0.15) is 0 Å². The van der Waals surface area contributed by atoms with E-state index >= 15 is 0 Å². The molecule has 0 atom stereocenters. The third kappa shape index (κ3) is 5.45. The van der Waals surface area contributed by atoms with Crippen molar-refractivity contribution in [3.63, 3.8) is 0 Å². The summed E-state index contributed by atoms with van der Waals surface area (Å²) in [5, 5.41) is 41.1. The molecular formula is C24H12Cl2N4O4. The average molecular weight is 491 g/mol. The molecule has 0 heterocycles. The van der Waals surface area contributed by atoms with Crippen LogP contribution in [0.15, 0.2) is 60.7 Å². The summed E-state index contributed by atoms with van der Waals surface area (Å²) in [6.45, 7) is 0. The minimum absolute atomic E-state index is 0.149. The molecule has 0 saturated carbocycles. The Bertz CT molecular complexity index is 1360. The summed E-state index contributed by atoms with van der Waals surface area (Å²) in [5.74, 6) is 0. The van der Waals surface area contributed by atoms with Crippen molar-refractivity contribution in [1.82, 2.24) is 0 Å². The van der Waals surface area contributed by atoms with Gasteiger partial charge in [-0.25, -0.2) is 0 Å². The monoisotopic (exact) mass is 490 g/mol. The minimum atomic E-state index is -0.600. The van der Waals surface area contributed by atoms with E-state index in [-0.39, 0.29) is 43.7 Å². The molecule has 8 nitrogen and oxygen atoms in total. The molecule has 0 bridgehead atoms. The van der Waals surface area contributed by atoms with Gasteiger partial charge in [0, 0.05) is 22.2 Å². The molecule has 3 rings (SSSR count). The topological polar surface area (TPSA) is 134 Å². The maximum atomic E-state index is 11.4. The van der Waals surface area contributed by atoms with Crippen LogP contribution in [0.4, 0.5) is 11.4 Å². The molecule has 0 saturated heterocycles. The number of hydrogen-bond acceptors (Lipinski definition) is 6. The van der Waals surface area contributed by atoms with Crippen LogP contribution in [0.2, 0.25) is 0 Å².